The van der Waals surface area contributed by atoms with Gasteiger partial charge in [-0.1, -0.05) is 0 Å². The molecule has 1 atom stereocenters. The van der Waals surface area contributed by atoms with Crippen molar-refractivity contribution in [2.45, 2.75) is 25.4 Å². The van der Waals surface area contributed by atoms with Gasteiger partial charge in [0.25, 0.3) is 5.91 Å². The molecule has 22 heavy (non-hydrogen) atoms. The van der Waals surface area contributed by atoms with Gasteiger partial charge >= 0.3 is 0 Å². The Kier molecular flexibility index (Phi) is 5.29. The Morgan fingerprint density at radius 1 is 1.23 bits per heavy atom. The summed E-state index contributed by atoms with van der Waals surface area (Å²) in [5.41, 5.74) is 0.728. The third-order valence-corrected chi connectivity index (χ3v) is 4.19. The van der Waals surface area contributed by atoms with Gasteiger partial charge in [0.05, 0.1) is 6.10 Å². The van der Waals surface area contributed by atoms with Gasteiger partial charge in [0, 0.05) is 31.8 Å². The number of hydrogen-bond donors (Lipinski definition) is 1. The number of carbonyl (C=O) groups is 1. The van der Waals surface area contributed by atoms with Gasteiger partial charge in [-0.25, -0.2) is 0 Å². The van der Waals surface area contributed by atoms with Crippen molar-refractivity contribution in [2.75, 3.05) is 39.4 Å². The van der Waals surface area contributed by atoms with E-state index in [1.165, 1.54) is 0 Å². The number of carbonyl (C=O) groups excluding carboxylic acids is 1. The summed E-state index contributed by atoms with van der Waals surface area (Å²) < 4.78 is 11.3. The van der Waals surface area contributed by atoms with E-state index in [4.69, 9.17) is 9.47 Å². The van der Waals surface area contributed by atoms with Gasteiger partial charge in [0.15, 0.2) is 0 Å². The van der Waals surface area contributed by atoms with Crippen molar-refractivity contribution >= 4 is 5.91 Å². The predicted molar refractivity (Wildman–Crippen MR) is 84.3 cm³/mol. The van der Waals surface area contributed by atoms with Crippen LogP contribution in [0.2, 0.25) is 0 Å². The number of nitrogens with one attached hydrogen (secondary N) is 1. The lowest BCUT2D eigenvalue weighted by Crippen LogP contribution is -2.34. The molecular weight excluding hydrogens is 280 g/mol. The summed E-state index contributed by atoms with van der Waals surface area (Å²) in [6, 6.07) is 7.45. The minimum absolute atomic E-state index is 0.106. The first-order valence-corrected chi connectivity index (χ1v) is 8.17. The minimum atomic E-state index is 0.106. The topological polar surface area (TPSA) is 50.8 Å². The van der Waals surface area contributed by atoms with Crippen molar-refractivity contribution in [3.05, 3.63) is 29.8 Å². The van der Waals surface area contributed by atoms with E-state index in [0.717, 1.165) is 63.4 Å². The molecule has 0 radical (unpaired) electrons. The first kappa shape index (κ1) is 15.3. The molecule has 120 valence electrons. The maximum atomic E-state index is 12.5. The maximum Gasteiger partial charge on any atom is 0.253 e. The van der Waals surface area contributed by atoms with Gasteiger partial charge in [0.1, 0.15) is 12.4 Å². The minimum Gasteiger partial charge on any atom is -0.491 e. The molecule has 5 heteroatoms. The SMILES string of the molecule is O=C(c1ccc(OCC2CCCO2)cc1)N1CCCNCC1. The van der Waals surface area contributed by atoms with Crippen LogP contribution in [0, 0.1) is 0 Å². The molecule has 0 bridgehead atoms. The molecule has 1 amide bonds. The molecular formula is C17H24N2O3. The zero-order valence-corrected chi connectivity index (χ0v) is 12.9. The third kappa shape index (κ3) is 3.99. The van der Waals surface area contributed by atoms with Gasteiger partial charge < -0.3 is 19.7 Å². The Morgan fingerprint density at radius 2 is 2.09 bits per heavy atom. The second-order valence-corrected chi connectivity index (χ2v) is 5.87. The lowest BCUT2D eigenvalue weighted by atomic mass is 10.2. The number of rotatable bonds is 4. The summed E-state index contributed by atoms with van der Waals surface area (Å²) in [6.07, 6.45) is 3.41. The highest BCUT2D eigenvalue weighted by molar-refractivity contribution is 5.94. The molecule has 2 saturated heterocycles. The fourth-order valence-electron chi connectivity index (χ4n) is 2.89. The number of benzene rings is 1. The van der Waals surface area contributed by atoms with E-state index in [1.807, 2.05) is 29.2 Å². The van der Waals surface area contributed by atoms with Crippen LogP contribution in [0.15, 0.2) is 24.3 Å². The van der Waals surface area contributed by atoms with E-state index >= 15 is 0 Å². The second kappa shape index (κ2) is 7.61. The van der Waals surface area contributed by atoms with Crippen molar-refractivity contribution in [3.8, 4) is 5.75 Å². The summed E-state index contributed by atoms with van der Waals surface area (Å²) in [5, 5.41) is 3.31. The van der Waals surface area contributed by atoms with Crippen LogP contribution in [-0.4, -0.2) is 56.3 Å². The summed E-state index contributed by atoms with van der Waals surface area (Å²) in [7, 11) is 0. The molecule has 5 nitrogen and oxygen atoms in total. The van der Waals surface area contributed by atoms with E-state index in [-0.39, 0.29) is 12.0 Å². The Balaban J connectivity index is 1.54. The fourth-order valence-corrected chi connectivity index (χ4v) is 2.89. The average Bonchev–Trinajstić information content (AvgIpc) is 2.93. The van der Waals surface area contributed by atoms with Crippen LogP contribution in [0.5, 0.6) is 5.75 Å². The number of amides is 1. The van der Waals surface area contributed by atoms with Crippen LogP contribution >= 0.6 is 0 Å². The molecule has 3 rings (SSSR count). The Hall–Kier alpha value is -1.59. The normalized spacial score (nSPS) is 22.4. The van der Waals surface area contributed by atoms with E-state index in [0.29, 0.717) is 6.61 Å². The summed E-state index contributed by atoms with van der Waals surface area (Å²) >= 11 is 0. The molecule has 1 unspecified atom stereocenters. The quantitative estimate of drug-likeness (QED) is 0.919. The smallest absolute Gasteiger partial charge is 0.253 e. The Bertz CT molecular complexity index is 475. The average molecular weight is 304 g/mol. The highest BCUT2D eigenvalue weighted by Gasteiger charge is 2.18. The molecule has 2 heterocycles. The highest BCUT2D eigenvalue weighted by Crippen LogP contribution is 2.17. The molecule has 0 aliphatic carbocycles. The molecule has 1 aromatic rings. The summed E-state index contributed by atoms with van der Waals surface area (Å²) in [6.45, 7) is 4.88. The molecule has 1 aromatic carbocycles. The Labute approximate surface area is 131 Å². The first-order valence-electron chi connectivity index (χ1n) is 8.17. The number of hydrogen-bond acceptors (Lipinski definition) is 4. The molecule has 1 N–H and O–H groups in total. The van der Waals surface area contributed by atoms with Gasteiger partial charge in [-0.3, -0.25) is 4.79 Å². The Morgan fingerprint density at radius 3 is 2.86 bits per heavy atom. The predicted octanol–water partition coefficient (Wildman–Crippen LogP) is 1.68. The van der Waals surface area contributed by atoms with Crippen LogP contribution in [0.25, 0.3) is 0 Å². The largest absolute Gasteiger partial charge is 0.491 e. The van der Waals surface area contributed by atoms with E-state index in [9.17, 15) is 4.79 Å². The molecule has 0 aromatic heterocycles. The van der Waals surface area contributed by atoms with Crippen LogP contribution in [0.3, 0.4) is 0 Å². The van der Waals surface area contributed by atoms with Crippen LogP contribution in [0.1, 0.15) is 29.6 Å². The molecule has 0 spiro atoms. The van der Waals surface area contributed by atoms with E-state index in [1.54, 1.807) is 0 Å². The zero-order valence-electron chi connectivity index (χ0n) is 12.9. The van der Waals surface area contributed by atoms with Crippen LogP contribution < -0.4 is 10.1 Å². The van der Waals surface area contributed by atoms with Gasteiger partial charge in [-0.05, 0) is 50.1 Å². The third-order valence-electron chi connectivity index (χ3n) is 4.19. The number of nitrogens with zero attached hydrogens (tertiary/aromatic N) is 1. The van der Waals surface area contributed by atoms with Crippen LogP contribution in [0.4, 0.5) is 0 Å². The molecule has 2 fully saturated rings. The second-order valence-electron chi connectivity index (χ2n) is 5.87. The van der Waals surface area contributed by atoms with Crippen molar-refractivity contribution < 1.29 is 14.3 Å². The standard InChI is InChI=1S/C17H24N2O3/c20-17(19-10-2-8-18-9-11-19)14-4-6-15(7-5-14)22-13-16-3-1-12-21-16/h4-7,16,18H,1-3,8-13H2. The van der Waals surface area contributed by atoms with E-state index in [2.05, 4.69) is 5.32 Å². The van der Waals surface area contributed by atoms with Gasteiger partial charge in [-0.15, -0.1) is 0 Å². The van der Waals surface area contributed by atoms with Crippen molar-refractivity contribution in [1.82, 2.24) is 10.2 Å². The lowest BCUT2D eigenvalue weighted by Gasteiger charge is -2.20. The van der Waals surface area contributed by atoms with Crippen molar-refractivity contribution in [2.24, 2.45) is 0 Å². The molecule has 2 aliphatic rings. The molecule has 0 saturated carbocycles. The first-order chi connectivity index (χ1) is 10.8. The fraction of sp³-hybridized carbons (Fsp3) is 0.588. The lowest BCUT2D eigenvalue weighted by molar-refractivity contribution is 0.0678. The van der Waals surface area contributed by atoms with E-state index < -0.39 is 0 Å². The van der Waals surface area contributed by atoms with Gasteiger partial charge in [0.2, 0.25) is 0 Å². The van der Waals surface area contributed by atoms with Crippen molar-refractivity contribution in [3.63, 3.8) is 0 Å². The zero-order chi connectivity index (χ0) is 15.2. The van der Waals surface area contributed by atoms with Crippen LogP contribution in [-0.2, 0) is 4.74 Å². The highest BCUT2D eigenvalue weighted by atomic mass is 16.5. The van der Waals surface area contributed by atoms with Gasteiger partial charge in [-0.2, -0.15) is 0 Å². The monoisotopic (exact) mass is 304 g/mol. The summed E-state index contributed by atoms with van der Waals surface area (Å²) in [4.78, 5) is 14.4. The summed E-state index contributed by atoms with van der Waals surface area (Å²) in [5.74, 6) is 0.902. The number of ether oxygens (including phenoxy) is 2. The van der Waals surface area contributed by atoms with Crippen molar-refractivity contribution in [1.29, 1.82) is 0 Å². The molecule has 2 aliphatic heterocycles. The maximum absolute atomic E-state index is 12.5.